The molecule has 0 saturated heterocycles. The van der Waals surface area contributed by atoms with Crippen molar-refractivity contribution in [3.8, 4) is 11.8 Å². The maximum atomic E-state index is 5.54. The quantitative estimate of drug-likeness (QED) is 0.707. The first-order chi connectivity index (χ1) is 6.70. The smallest absolute Gasteiger partial charge is 0.0636 e. The lowest BCUT2D eigenvalue weighted by molar-refractivity contribution is 0.793. The molecule has 0 radical (unpaired) electrons. The van der Waals surface area contributed by atoms with Gasteiger partial charge in [0.1, 0.15) is 0 Å². The molecule has 0 heterocycles. The van der Waals surface area contributed by atoms with Crippen LogP contribution in [0.4, 0.5) is 0 Å². The van der Waals surface area contributed by atoms with Gasteiger partial charge in [-0.1, -0.05) is 43.2 Å². The molecular weight excluding hydrogens is 170 g/mol. The fraction of sp³-hybridized carbons (Fsp3) is 0.385. The summed E-state index contributed by atoms with van der Waals surface area (Å²) in [6.07, 6.45) is 0.881. The van der Waals surface area contributed by atoms with Crippen molar-refractivity contribution >= 4 is 0 Å². The summed E-state index contributed by atoms with van der Waals surface area (Å²) in [6, 6.07) is 10.4. The predicted molar refractivity (Wildman–Crippen MR) is 60.9 cm³/mol. The van der Waals surface area contributed by atoms with Crippen molar-refractivity contribution in [2.75, 3.05) is 0 Å². The topological polar surface area (TPSA) is 26.0 Å². The summed E-state index contributed by atoms with van der Waals surface area (Å²) in [6.45, 7) is 4.09. The molecule has 2 N–H and O–H groups in total. The van der Waals surface area contributed by atoms with E-state index in [1.54, 1.807) is 0 Å². The molecule has 0 amide bonds. The minimum Gasteiger partial charge on any atom is -0.318 e. The van der Waals surface area contributed by atoms with Gasteiger partial charge in [-0.3, -0.25) is 0 Å². The number of nitrogens with two attached hydrogens (primary N) is 1. The lowest BCUT2D eigenvalue weighted by Gasteiger charge is -2.06. The Hall–Kier alpha value is -1.26. The van der Waals surface area contributed by atoms with E-state index in [-0.39, 0.29) is 6.04 Å². The number of hydrogen-bond donors (Lipinski definition) is 1. The summed E-state index contributed by atoms with van der Waals surface area (Å²) in [7, 11) is 0. The van der Waals surface area contributed by atoms with Gasteiger partial charge < -0.3 is 5.73 Å². The van der Waals surface area contributed by atoms with Crippen molar-refractivity contribution in [2.24, 2.45) is 5.73 Å². The zero-order valence-corrected chi connectivity index (χ0v) is 8.83. The van der Waals surface area contributed by atoms with Crippen LogP contribution in [-0.2, 0) is 0 Å². The summed E-state index contributed by atoms with van der Waals surface area (Å²) in [5.41, 5.74) is 6.88. The summed E-state index contributed by atoms with van der Waals surface area (Å²) < 4.78 is 0. The molecule has 1 aromatic carbocycles. The molecule has 74 valence electrons. The third kappa shape index (κ3) is 3.64. The monoisotopic (exact) mass is 187 g/mol. The molecule has 0 aliphatic rings. The molecule has 0 saturated carbocycles. The van der Waals surface area contributed by atoms with E-state index in [4.69, 9.17) is 5.73 Å². The summed E-state index contributed by atoms with van der Waals surface area (Å²) in [5.74, 6) is 6.57. The standard InChI is InChI=1S/C13H17N/c1-11(7-6-8-12(2)14)13-9-4-3-5-10-13/h3-5,9-12H,7,14H2,1-2H3. The van der Waals surface area contributed by atoms with E-state index in [0.29, 0.717) is 5.92 Å². The molecule has 1 rings (SSSR count). The summed E-state index contributed by atoms with van der Waals surface area (Å²) >= 11 is 0. The molecule has 0 spiro atoms. The molecule has 14 heavy (non-hydrogen) atoms. The average molecular weight is 187 g/mol. The molecule has 0 aromatic heterocycles. The lowest BCUT2D eigenvalue weighted by Crippen LogP contribution is -2.10. The zero-order valence-electron chi connectivity index (χ0n) is 8.83. The minimum absolute atomic E-state index is 0.0158. The van der Waals surface area contributed by atoms with Gasteiger partial charge in [0.05, 0.1) is 6.04 Å². The van der Waals surface area contributed by atoms with Gasteiger partial charge >= 0.3 is 0 Å². The normalized spacial score (nSPS) is 13.9. The van der Waals surface area contributed by atoms with Gasteiger partial charge in [0.2, 0.25) is 0 Å². The molecule has 0 bridgehead atoms. The first-order valence-corrected chi connectivity index (χ1v) is 4.99. The fourth-order valence-electron chi connectivity index (χ4n) is 1.27. The molecule has 1 nitrogen and oxygen atoms in total. The molecule has 0 fully saturated rings. The Morgan fingerprint density at radius 3 is 2.43 bits per heavy atom. The van der Waals surface area contributed by atoms with Crippen molar-refractivity contribution in [2.45, 2.75) is 32.2 Å². The lowest BCUT2D eigenvalue weighted by atomic mass is 9.98. The molecule has 0 aliphatic carbocycles. The van der Waals surface area contributed by atoms with Crippen molar-refractivity contribution in [1.82, 2.24) is 0 Å². The Morgan fingerprint density at radius 2 is 1.86 bits per heavy atom. The van der Waals surface area contributed by atoms with E-state index in [2.05, 4.69) is 43.0 Å². The first kappa shape index (κ1) is 10.8. The van der Waals surface area contributed by atoms with Crippen molar-refractivity contribution in [3.63, 3.8) is 0 Å². The molecule has 2 unspecified atom stereocenters. The Labute approximate surface area is 86.3 Å². The van der Waals surface area contributed by atoms with E-state index >= 15 is 0 Å². The van der Waals surface area contributed by atoms with Gasteiger partial charge in [-0.15, -0.1) is 5.92 Å². The third-order valence-corrected chi connectivity index (χ3v) is 2.11. The van der Waals surface area contributed by atoms with Gasteiger partial charge in [-0.2, -0.15) is 0 Å². The zero-order chi connectivity index (χ0) is 10.4. The van der Waals surface area contributed by atoms with Crippen LogP contribution < -0.4 is 5.73 Å². The minimum atomic E-state index is -0.0158. The second-order valence-electron chi connectivity index (χ2n) is 3.63. The molecular formula is C13H17N. The fourth-order valence-corrected chi connectivity index (χ4v) is 1.27. The highest BCUT2D eigenvalue weighted by atomic mass is 14.6. The Bertz CT molecular complexity index is 316. The maximum Gasteiger partial charge on any atom is 0.0636 e. The van der Waals surface area contributed by atoms with E-state index < -0.39 is 0 Å². The second kappa shape index (κ2) is 5.47. The van der Waals surface area contributed by atoms with Crippen LogP contribution in [0.5, 0.6) is 0 Å². The first-order valence-electron chi connectivity index (χ1n) is 4.99. The predicted octanol–water partition coefficient (Wildman–Crippen LogP) is 2.53. The Morgan fingerprint density at radius 1 is 1.21 bits per heavy atom. The number of benzene rings is 1. The van der Waals surface area contributed by atoms with Crippen molar-refractivity contribution in [1.29, 1.82) is 0 Å². The summed E-state index contributed by atoms with van der Waals surface area (Å²) in [4.78, 5) is 0. The van der Waals surface area contributed by atoms with Crippen LogP contribution in [0.15, 0.2) is 30.3 Å². The van der Waals surface area contributed by atoms with E-state index in [1.165, 1.54) is 5.56 Å². The van der Waals surface area contributed by atoms with Crippen LogP contribution in [0.2, 0.25) is 0 Å². The van der Waals surface area contributed by atoms with Crippen molar-refractivity contribution < 1.29 is 0 Å². The Kier molecular flexibility index (Phi) is 4.22. The van der Waals surface area contributed by atoms with Crippen LogP contribution in [0.25, 0.3) is 0 Å². The van der Waals surface area contributed by atoms with Crippen molar-refractivity contribution in [3.05, 3.63) is 35.9 Å². The van der Waals surface area contributed by atoms with Gasteiger partial charge in [0, 0.05) is 6.42 Å². The van der Waals surface area contributed by atoms with Crippen LogP contribution >= 0.6 is 0 Å². The van der Waals surface area contributed by atoms with Gasteiger partial charge in [0.15, 0.2) is 0 Å². The van der Waals surface area contributed by atoms with E-state index in [0.717, 1.165) is 6.42 Å². The molecule has 1 aromatic rings. The van der Waals surface area contributed by atoms with Crippen LogP contribution in [0.3, 0.4) is 0 Å². The molecule has 2 atom stereocenters. The average Bonchev–Trinajstić information content (AvgIpc) is 2.18. The number of hydrogen-bond acceptors (Lipinski definition) is 1. The maximum absolute atomic E-state index is 5.54. The largest absolute Gasteiger partial charge is 0.318 e. The SMILES string of the molecule is CC(N)C#CCC(C)c1ccccc1. The van der Waals surface area contributed by atoms with Crippen LogP contribution in [-0.4, -0.2) is 6.04 Å². The van der Waals surface area contributed by atoms with E-state index in [1.807, 2.05) is 13.0 Å². The second-order valence-corrected chi connectivity index (χ2v) is 3.63. The highest BCUT2D eigenvalue weighted by Gasteiger charge is 2.01. The van der Waals surface area contributed by atoms with Crippen LogP contribution in [0.1, 0.15) is 31.7 Å². The summed E-state index contributed by atoms with van der Waals surface area (Å²) in [5, 5.41) is 0. The van der Waals surface area contributed by atoms with Crippen LogP contribution in [0, 0.1) is 11.8 Å². The van der Waals surface area contributed by atoms with Gasteiger partial charge in [-0.25, -0.2) is 0 Å². The highest BCUT2D eigenvalue weighted by molar-refractivity contribution is 5.21. The van der Waals surface area contributed by atoms with Gasteiger partial charge in [0.25, 0.3) is 0 Å². The van der Waals surface area contributed by atoms with E-state index in [9.17, 15) is 0 Å². The number of rotatable bonds is 2. The molecule has 0 aliphatic heterocycles. The van der Waals surface area contributed by atoms with Gasteiger partial charge in [-0.05, 0) is 18.4 Å². The third-order valence-electron chi connectivity index (χ3n) is 2.11. The highest BCUT2D eigenvalue weighted by Crippen LogP contribution is 2.17. The Balaban J connectivity index is 2.53. The molecule has 1 heteroatoms.